The molecule has 0 saturated carbocycles. The number of anilines is 1. The highest BCUT2D eigenvalue weighted by Crippen LogP contribution is 2.35. The quantitative estimate of drug-likeness (QED) is 0.148. The zero-order valence-electron chi connectivity index (χ0n) is 78.4. The second-order valence-corrected chi connectivity index (χ2v) is 38.7. The number of hydrogen-bond donors (Lipinski definition) is 1. The van der Waals surface area contributed by atoms with Gasteiger partial charge in [0, 0.05) is 93.3 Å². The van der Waals surface area contributed by atoms with Crippen molar-refractivity contribution in [2.24, 2.45) is 0 Å². The number of Topliss-reactive ketones (excluding diaryl/α,β-unsaturated/α-hetero) is 1. The highest BCUT2D eigenvalue weighted by Gasteiger charge is 2.23. The van der Waals surface area contributed by atoms with Gasteiger partial charge in [0.05, 0.1) is 119 Å². The molecule has 0 fully saturated rings. The van der Waals surface area contributed by atoms with Crippen molar-refractivity contribution < 1.29 is 79.0 Å². The van der Waals surface area contributed by atoms with E-state index in [1.54, 1.807) is 6.20 Å². The van der Waals surface area contributed by atoms with E-state index in [4.69, 9.17) is 61.6 Å². The van der Waals surface area contributed by atoms with Crippen LogP contribution in [0.15, 0.2) is 170 Å². The number of nitrogens with zero attached hydrogens (tertiary/aromatic N) is 5. The molecular formula is C106H128N6O17S3. The first-order valence-corrected chi connectivity index (χ1v) is 50.3. The SMILES string of the molecule is Cc1cc2c(nn1)OCCC2.Cc1ccc2c(c1)CC(=O)CCO2.Cc1ccc2c(c1)CCCCO2.Cc1ccc2c(c1)COCCO2.Cc1ccc2c(c1)CS(=O)(=O)CCO2.Cc1ccc2c(c1)CS(=O)CCO2.Cc1ccc2c(c1)CSCCO2.Cc1ccc2c(c1)NCCO2.Cc1ccc2c(c1)OCCCO2.Cc1cnc2c(c1)CCCO2.Cc1ncc2c(n1)CCCO2. The molecule has 132 heavy (non-hydrogen) atoms. The number of carbonyl (C=O) groups excluding carboxylic acids is 1. The van der Waals surface area contributed by atoms with Gasteiger partial charge in [0.2, 0.25) is 11.8 Å². The van der Waals surface area contributed by atoms with Crippen molar-refractivity contribution in [1.29, 1.82) is 0 Å². The highest BCUT2D eigenvalue weighted by molar-refractivity contribution is 7.98. The van der Waals surface area contributed by atoms with Crippen LogP contribution in [0.1, 0.15) is 157 Å². The maximum atomic E-state index is 11.5. The van der Waals surface area contributed by atoms with Crippen LogP contribution >= 0.6 is 11.8 Å². The topological polar surface area (TPSA) is 265 Å². The first-order chi connectivity index (χ1) is 64.0. The van der Waals surface area contributed by atoms with Gasteiger partial charge in [-0.2, -0.15) is 16.9 Å². The summed E-state index contributed by atoms with van der Waals surface area (Å²) in [5.41, 5.74) is 23.4. The maximum absolute atomic E-state index is 11.5. The number of rotatable bonds is 0. The van der Waals surface area contributed by atoms with Gasteiger partial charge in [0.15, 0.2) is 27.1 Å². The molecule has 26 heteroatoms. The number of fused-ring (bicyclic) bond motifs is 11. The molecule has 1 atom stereocenters. The molecule has 11 aliphatic rings. The molecule has 0 aliphatic carbocycles. The number of sulfone groups is 1. The van der Waals surface area contributed by atoms with Gasteiger partial charge in [0.25, 0.3) is 0 Å². The third-order valence-electron chi connectivity index (χ3n) is 22.0. The van der Waals surface area contributed by atoms with E-state index in [0.29, 0.717) is 63.1 Å². The second-order valence-electron chi connectivity index (χ2n) is 33.8. The summed E-state index contributed by atoms with van der Waals surface area (Å²) in [6.07, 6.45) is 15.8. The fourth-order valence-corrected chi connectivity index (χ4v) is 18.2. The molecule has 0 radical (unpaired) electrons. The van der Waals surface area contributed by atoms with E-state index < -0.39 is 20.6 Å². The van der Waals surface area contributed by atoms with Gasteiger partial charge >= 0.3 is 0 Å². The van der Waals surface area contributed by atoms with Gasteiger partial charge in [-0.25, -0.2) is 23.4 Å². The Morgan fingerprint density at radius 3 is 1.58 bits per heavy atom. The van der Waals surface area contributed by atoms with Gasteiger partial charge in [-0.3, -0.25) is 9.00 Å². The molecule has 702 valence electrons. The van der Waals surface area contributed by atoms with E-state index in [1.807, 2.05) is 138 Å². The number of pyridine rings is 1. The van der Waals surface area contributed by atoms with Crippen LogP contribution in [0.2, 0.25) is 0 Å². The average molecular weight is 1850 g/mol. The molecular weight excluding hydrogens is 1730 g/mol. The van der Waals surface area contributed by atoms with Crippen molar-refractivity contribution in [3.63, 3.8) is 0 Å². The van der Waals surface area contributed by atoms with E-state index in [-0.39, 0.29) is 23.9 Å². The largest absolute Gasteiger partial charge is 0.493 e. The zero-order valence-corrected chi connectivity index (χ0v) is 80.9. The van der Waals surface area contributed by atoms with E-state index in [1.165, 1.54) is 86.0 Å². The third kappa shape index (κ3) is 32.8. The van der Waals surface area contributed by atoms with Crippen molar-refractivity contribution in [1.82, 2.24) is 25.1 Å². The van der Waals surface area contributed by atoms with Crippen LogP contribution in [0, 0.1) is 76.2 Å². The summed E-state index contributed by atoms with van der Waals surface area (Å²) >= 11 is 1.94. The molecule has 1 unspecified atom stereocenters. The minimum Gasteiger partial charge on any atom is -0.493 e. The van der Waals surface area contributed by atoms with Crippen molar-refractivity contribution >= 4 is 43.9 Å². The molecule has 0 amide bonds. The van der Waals surface area contributed by atoms with Gasteiger partial charge in [0.1, 0.15) is 71.7 Å². The number of ether oxygens (including phenoxy) is 13. The monoisotopic (exact) mass is 1850 g/mol. The van der Waals surface area contributed by atoms with Crippen LogP contribution in [-0.2, 0) is 86.1 Å². The number of hydrogen-bond acceptors (Lipinski definition) is 24. The summed E-state index contributed by atoms with van der Waals surface area (Å²) in [6, 6.07) is 53.1. The van der Waals surface area contributed by atoms with Crippen LogP contribution in [0.4, 0.5) is 5.69 Å². The summed E-state index contributed by atoms with van der Waals surface area (Å²) in [5.74, 6) is 15.6. The van der Waals surface area contributed by atoms with Crippen LogP contribution in [0.5, 0.6) is 69.3 Å². The predicted molar refractivity (Wildman–Crippen MR) is 522 cm³/mol. The third-order valence-corrected chi connectivity index (χ3v) is 25.7. The molecule has 0 spiro atoms. The fourth-order valence-electron chi connectivity index (χ4n) is 15.3. The van der Waals surface area contributed by atoms with Crippen LogP contribution in [0.3, 0.4) is 0 Å². The molecule has 14 heterocycles. The fraction of sp³-hybridized carbons (Fsp3) is 0.415. The van der Waals surface area contributed by atoms with Gasteiger partial charge in [-0.1, -0.05) is 118 Å². The molecule has 0 saturated heterocycles. The number of carbonyl (C=O) groups is 1. The lowest BCUT2D eigenvalue weighted by molar-refractivity contribution is -0.118. The predicted octanol–water partition coefficient (Wildman–Crippen LogP) is 20.0. The number of nitrogens with one attached hydrogen (secondary N) is 1. The molecule has 8 aromatic carbocycles. The maximum Gasteiger partial charge on any atom is 0.236 e. The highest BCUT2D eigenvalue weighted by atomic mass is 32.2. The Hall–Kier alpha value is -11.5. The lowest BCUT2D eigenvalue weighted by atomic mass is 10.1. The molecule has 11 aliphatic heterocycles. The molecule has 0 bridgehead atoms. The summed E-state index contributed by atoms with van der Waals surface area (Å²) in [5, 5.41) is 11.1. The molecule has 3 aromatic heterocycles. The normalized spacial score (nSPS) is 16.6. The van der Waals surface area contributed by atoms with Crippen molar-refractivity contribution in [3.8, 4) is 69.3 Å². The number of benzene rings is 8. The van der Waals surface area contributed by atoms with E-state index in [0.717, 1.165) is 230 Å². The second kappa shape index (κ2) is 51.5. The molecule has 1 N–H and O–H groups in total. The smallest absolute Gasteiger partial charge is 0.236 e. The lowest BCUT2D eigenvalue weighted by Gasteiger charge is -2.18. The van der Waals surface area contributed by atoms with Crippen LogP contribution in [0.25, 0.3) is 0 Å². The van der Waals surface area contributed by atoms with Crippen molar-refractivity contribution in [2.45, 2.75) is 177 Å². The van der Waals surface area contributed by atoms with E-state index in [2.05, 4.69) is 145 Å². The van der Waals surface area contributed by atoms with Gasteiger partial charge < -0.3 is 66.9 Å². The van der Waals surface area contributed by atoms with E-state index in [9.17, 15) is 17.4 Å². The standard InChI is InChI=1S/C11H12O2.C11H14O.C10H12O3S.C10H12O2S.2C10H12O2.C10H12OS.2C9H11NO.2C8H10N2O/c1-8-2-3-11-9(6-8)7-10(12)4-5-13-11;1-9-5-6-11-10(8-9)4-2-3-7-12-11;1-8-2-3-10-9(6-8)7-14(11,12)5-4-13-10;1-8-2-3-10-9(6-8)7-13(11)5-4-12-10;1-8-3-4-9-10(7-8)12-6-2-5-11-9;1-8-2-3-10-9(6-8)7-11-4-5-12-10;1-8-2-3-10-9(6-8)7-12-5-4-11-10;1-7-2-3-9-8(6-7)10-4-5-11-9;1-7-5-8-3-2-4-11-9(8)10-6-7;1-6-9-5-8-7(10-6)3-2-4-11-8;1-6-5-7-3-2-4-11-8(7)10-9-6/h2-3,6H,4-5,7H2,1H3;5-6,8H,2-4,7H2,1H3;2-3,6H,4-5,7H2,1H3;2-3,6H,4-5,7H2,1H3;3-4,7H,2,5-6H2,1H3;2*2-3,6H,4-5,7H2,1H3;2-3,6,10H,4-5H2,1H3;5-6H,2-4H2,1H3;2*5H,2-4H2,1H3. The van der Waals surface area contributed by atoms with Crippen LogP contribution < -0.4 is 62.2 Å². The summed E-state index contributed by atoms with van der Waals surface area (Å²) < 4.78 is 105. The molecule has 11 aromatic rings. The zero-order chi connectivity index (χ0) is 93.0. The first-order valence-electron chi connectivity index (χ1n) is 45.9. The number of ketones is 1. The Morgan fingerprint density at radius 1 is 0.364 bits per heavy atom. The molecule has 22 rings (SSSR count). The lowest BCUT2D eigenvalue weighted by Crippen LogP contribution is -2.17. The number of aryl methyl sites for hydroxylation is 15. The molecule has 23 nitrogen and oxygen atoms in total. The Labute approximate surface area is 786 Å². The summed E-state index contributed by atoms with van der Waals surface area (Å²) in [7, 11) is -3.73. The van der Waals surface area contributed by atoms with E-state index >= 15 is 0 Å². The minimum absolute atomic E-state index is 0.101. The number of aromatic nitrogens is 5. The van der Waals surface area contributed by atoms with Crippen molar-refractivity contribution in [3.05, 3.63) is 282 Å². The Kier molecular flexibility index (Phi) is 38.9. The first kappa shape index (κ1) is 99.6. The van der Waals surface area contributed by atoms with Gasteiger partial charge in [-0.15, -0.1) is 5.10 Å². The Bertz CT molecular complexity index is 5220. The Morgan fingerprint density at radius 2 is 0.856 bits per heavy atom. The number of thioether (sulfide) groups is 1. The summed E-state index contributed by atoms with van der Waals surface area (Å²) in [6.45, 7) is 33.1. The Balaban J connectivity index is 0.000000131. The summed E-state index contributed by atoms with van der Waals surface area (Å²) in [4.78, 5) is 23.8. The van der Waals surface area contributed by atoms with Gasteiger partial charge in [-0.05, 0) is 229 Å². The average Bonchev–Trinajstić information content (AvgIpc) is 1.60. The minimum atomic E-state index is -2.97. The van der Waals surface area contributed by atoms with Crippen molar-refractivity contribution in [2.75, 3.05) is 115 Å². The van der Waals surface area contributed by atoms with Crippen LogP contribution in [-0.4, -0.2) is 153 Å².